The minimum Gasteiger partial charge on any atom is -0.467 e. The summed E-state index contributed by atoms with van der Waals surface area (Å²) in [6, 6.07) is 21.6. The van der Waals surface area contributed by atoms with Gasteiger partial charge in [-0.3, -0.25) is 4.79 Å². The monoisotopic (exact) mass is 415 g/mol. The van der Waals surface area contributed by atoms with Gasteiger partial charge in [-0.2, -0.15) is 0 Å². The van der Waals surface area contributed by atoms with Crippen LogP contribution in [-0.4, -0.2) is 29.4 Å². The first-order valence-electron chi connectivity index (χ1n) is 11.0. The Morgan fingerprint density at radius 1 is 1.06 bits per heavy atom. The van der Waals surface area contributed by atoms with E-state index in [1.807, 2.05) is 61.5 Å². The number of amides is 1. The Morgan fingerprint density at radius 2 is 1.90 bits per heavy atom. The van der Waals surface area contributed by atoms with Crippen LogP contribution in [0.25, 0.3) is 0 Å². The van der Waals surface area contributed by atoms with E-state index < -0.39 is 6.04 Å². The summed E-state index contributed by atoms with van der Waals surface area (Å²) in [4.78, 5) is 22.5. The molecule has 1 atom stereocenters. The molecule has 0 bridgehead atoms. The molecule has 1 aliphatic rings. The highest BCUT2D eigenvalue weighted by atomic mass is 16.3. The molecule has 0 radical (unpaired) electrons. The van der Waals surface area contributed by atoms with Crippen molar-refractivity contribution in [3.05, 3.63) is 89.9 Å². The van der Waals surface area contributed by atoms with E-state index in [4.69, 9.17) is 9.41 Å². The zero-order valence-corrected chi connectivity index (χ0v) is 18.2. The lowest BCUT2D eigenvalue weighted by Crippen LogP contribution is -2.45. The van der Waals surface area contributed by atoms with Gasteiger partial charge in [-0.05, 0) is 48.7 Å². The lowest BCUT2D eigenvalue weighted by molar-refractivity contribution is -0.118. The van der Waals surface area contributed by atoms with E-state index in [2.05, 4.69) is 24.0 Å². The second-order valence-corrected chi connectivity index (χ2v) is 8.00. The van der Waals surface area contributed by atoms with Gasteiger partial charge in [-0.1, -0.05) is 55.8 Å². The third kappa shape index (κ3) is 4.88. The van der Waals surface area contributed by atoms with Crippen LogP contribution in [0.15, 0.2) is 82.4 Å². The number of rotatable bonds is 8. The molecule has 0 aliphatic carbocycles. The van der Waals surface area contributed by atoms with Crippen molar-refractivity contribution >= 4 is 17.6 Å². The maximum Gasteiger partial charge on any atom is 0.259 e. The standard InChI is InChI=1S/C26H29N3O2/c1-3-4-15-28(19-23-14-9-16-31-23)26-27-24(18-21-11-6-5-7-12-21)25(30)29(26)22-13-8-10-20(2)17-22/h5-14,16-17,24H,3-4,15,18-19H2,1-2H3. The smallest absolute Gasteiger partial charge is 0.259 e. The highest BCUT2D eigenvalue weighted by Crippen LogP contribution is 2.27. The number of aryl methyl sites for hydroxylation is 1. The quantitative estimate of drug-likeness (QED) is 0.508. The Morgan fingerprint density at radius 3 is 2.61 bits per heavy atom. The molecule has 1 aromatic heterocycles. The lowest BCUT2D eigenvalue weighted by atomic mass is 10.1. The van der Waals surface area contributed by atoms with Gasteiger partial charge in [0.1, 0.15) is 11.8 Å². The molecule has 5 heteroatoms. The van der Waals surface area contributed by atoms with Gasteiger partial charge in [0.05, 0.1) is 18.5 Å². The summed E-state index contributed by atoms with van der Waals surface area (Å²) in [6.45, 7) is 5.60. The Kier molecular flexibility index (Phi) is 6.51. The summed E-state index contributed by atoms with van der Waals surface area (Å²) < 4.78 is 5.61. The van der Waals surface area contributed by atoms with Crippen LogP contribution in [0.1, 0.15) is 36.7 Å². The average molecular weight is 416 g/mol. The number of carbonyl (C=O) groups is 1. The van der Waals surface area contributed by atoms with Gasteiger partial charge < -0.3 is 9.32 Å². The topological polar surface area (TPSA) is 49.1 Å². The maximum absolute atomic E-state index is 13.6. The van der Waals surface area contributed by atoms with E-state index in [1.54, 1.807) is 11.2 Å². The normalized spacial score (nSPS) is 15.9. The highest BCUT2D eigenvalue weighted by molar-refractivity contribution is 6.22. The fraction of sp³-hybridized carbons (Fsp3) is 0.308. The number of nitrogens with zero attached hydrogens (tertiary/aromatic N) is 3. The molecular formula is C26H29N3O2. The molecule has 0 fully saturated rings. The number of guanidine groups is 1. The number of hydrogen-bond acceptors (Lipinski definition) is 4. The number of furan rings is 1. The second-order valence-electron chi connectivity index (χ2n) is 8.00. The van der Waals surface area contributed by atoms with Crippen molar-refractivity contribution in [1.82, 2.24) is 4.90 Å². The number of aliphatic imine (C=N–C) groups is 1. The molecule has 1 unspecified atom stereocenters. The van der Waals surface area contributed by atoms with E-state index in [0.29, 0.717) is 18.9 Å². The Bertz CT molecular complexity index is 1030. The van der Waals surface area contributed by atoms with Crippen LogP contribution in [0.5, 0.6) is 0 Å². The molecule has 0 spiro atoms. The van der Waals surface area contributed by atoms with Gasteiger partial charge in [0, 0.05) is 13.0 Å². The van der Waals surface area contributed by atoms with Crippen LogP contribution in [0, 0.1) is 6.92 Å². The van der Waals surface area contributed by atoms with Crippen molar-refractivity contribution < 1.29 is 9.21 Å². The Balaban J connectivity index is 1.70. The van der Waals surface area contributed by atoms with E-state index >= 15 is 0 Å². The fourth-order valence-corrected chi connectivity index (χ4v) is 3.89. The molecule has 1 aliphatic heterocycles. The van der Waals surface area contributed by atoms with Gasteiger partial charge in [0.15, 0.2) is 0 Å². The first kappa shape index (κ1) is 20.9. The molecule has 160 valence electrons. The van der Waals surface area contributed by atoms with Crippen molar-refractivity contribution in [2.24, 2.45) is 4.99 Å². The Hall–Kier alpha value is -3.34. The number of unbranched alkanes of at least 4 members (excludes halogenated alkanes) is 1. The summed E-state index contributed by atoms with van der Waals surface area (Å²) in [7, 11) is 0. The molecule has 1 amide bonds. The molecule has 5 nitrogen and oxygen atoms in total. The van der Waals surface area contributed by atoms with Gasteiger partial charge in [-0.25, -0.2) is 9.89 Å². The van der Waals surface area contributed by atoms with Crippen LogP contribution in [0.4, 0.5) is 5.69 Å². The zero-order chi connectivity index (χ0) is 21.6. The van der Waals surface area contributed by atoms with Gasteiger partial charge in [-0.15, -0.1) is 0 Å². The maximum atomic E-state index is 13.6. The SMILES string of the molecule is CCCCN(Cc1ccco1)C1=NC(Cc2ccccc2)C(=O)N1c1cccc(C)c1. The molecule has 31 heavy (non-hydrogen) atoms. The van der Waals surface area contributed by atoms with Crippen molar-refractivity contribution in [3.8, 4) is 0 Å². The first-order chi connectivity index (χ1) is 15.2. The van der Waals surface area contributed by atoms with Crippen LogP contribution in [-0.2, 0) is 17.8 Å². The average Bonchev–Trinajstić information content (AvgIpc) is 3.40. The second kappa shape index (κ2) is 9.65. The van der Waals surface area contributed by atoms with Crippen molar-refractivity contribution in [2.45, 2.75) is 45.7 Å². The fourth-order valence-electron chi connectivity index (χ4n) is 3.89. The van der Waals surface area contributed by atoms with E-state index in [-0.39, 0.29) is 5.91 Å². The molecule has 0 saturated heterocycles. The first-order valence-corrected chi connectivity index (χ1v) is 11.0. The molecule has 2 heterocycles. The molecule has 3 aromatic rings. The van der Waals surface area contributed by atoms with Crippen LogP contribution in [0.3, 0.4) is 0 Å². The number of anilines is 1. The summed E-state index contributed by atoms with van der Waals surface area (Å²) in [5.41, 5.74) is 3.09. The minimum atomic E-state index is -0.432. The van der Waals surface area contributed by atoms with Gasteiger partial charge in [0.2, 0.25) is 5.96 Å². The summed E-state index contributed by atoms with van der Waals surface area (Å²) >= 11 is 0. The minimum absolute atomic E-state index is 0.0189. The number of hydrogen-bond donors (Lipinski definition) is 0. The van der Waals surface area contributed by atoms with Crippen LogP contribution < -0.4 is 4.90 Å². The number of carbonyl (C=O) groups excluding carboxylic acids is 1. The van der Waals surface area contributed by atoms with E-state index in [9.17, 15) is 4.79 Å². The van der Waals surface area contributed by atoms with Crippen LogP contribution in [0.2, 0.25) is 0 Å². The van der Waals surface area contributed by atoms with Crippen molar-refractivity contribution in [3.63, 3.8) is 0 Å². The van der Waals surface area contributed by atoms with Crippen molar-refractivity contribution in [2.75, 3.05) is 11.4 Å². The molecule has 2 aromatic carbocycles. The van der Waals surface area contributed by atoms with E-state index in [1.165, 1.54) is 0 Å². The molecule has 4 rings (SSSR count). The third-order valence-corrected chi connectivity index (χ3v) is 5.50. The number of benzene rings is 2. The Labute approximate surface area is 184 Å². The van der Waals surface area contributed by atoms with Gasteiger partial charge >= 0.3 is 0 Å². The summed E-state index contributed by atoms with van der Waals surface area (Å²) in [5.74, 6) is 1.59. The van der Waals surface area contributed by atoms with Crippen LogP contribution >= 0.6 is 0 Å². The largest absolute Gasteiger partial charge is 0.467 e. The summed E-state index contributed by atoms with van der Waals surface area (Å²) in [5, 5.41) is 0. The predicted octanol–water partition coefficient (Wildman–Crippen LogP) is 5.20. The third-order valence-electron chi connectivity index (χ3n) is 5.50. The summed E-state index contributed by atoms with van der Waals surface area (Å²) in [6.07, 6.45) is 4.35. The van der Waals surface area contributed by atoms with Crippen molar-refractivity contribution in [1.29, 1.82) is 0 Å². The molecular weight excluding hydrogens is 386 g/mol. The lowest BCUT2D eigenvalue weighted by Gasteiger charge is -2.29. The highest BCUT2D eigenvalue weighted by Gasteiger charge is 2.38. The van der Waals surface area contributed by atoms with E-state index in [0.717, 1.165) is 42.0 Å². The zero-order valence-electron chi connectivity index (χ0n) is 18.2. The predicted molar refractivity (Wildman–Crippen MR) is 124 cm³/mol. The van der Waals surface area contributed by atoms with Gasteiger partial charge in [0.25, 0.3) is 5.91 Å². The molecule has 0 N–H and O–H groups in total. The molecule has 0 saturated carbocycles.